The molecular weight excluding hydrogens is 546 g/mol. The first-order valence-electron chi connectivity index (χ1n) is 13.6. The minimum Gasteiger partial charge on any atom is -0.352 e. The van der Waals surface area contributed by atoms with Gasteiger partial charge in [-0.2, -0.15) is 0 Å². The number of anilines is 1. The van der Waals surface area contributed by atoms with Crippen LogP contribution in [0.2, 0.25) is 5.02 Å². The third kappa shape index (κ3) is 6.85. The zero-order valence-electron chi connectivity index (χ0n) is 23.1. The highest BCUT2D eigenvalue weighted by molar-refractivity contribution is 7.92. The second-order valence-corrected chi connectivity index (χ2v) is 12.7. The van der Waals surface area contributed by atoms with Gasteiger partial charge >= 0.3 is 0 Å². The number of carbonyl (C=O) groups is 2. The largest absolute Gasteiger partial charge is 0.352 e. The minimum atomic E-state index is -4.10. The summed E-state index contributed by atoms with van der Waals surface area (Å²) in [4.78, 5) is 28.9. The second kappa shape index (κ2) is 12.9. The average Bonchev–Trinajstić information content (AvgIpc) is 3.45. The molecule has 1 N–H and O–H groups in total. The predicted molar refractivity (Wildman–Crippen MR) is 159 cm³/mol. The number of hydrogen-bond donors (Lipinski definition) is 1. The van der Waals surface area contributed by atoms with E-state index in [-0.39, 0.29) is 23.4 Å². The van der Waals surface area contributed by atoms with Crippen molar-refractivity contribution < 1.29 is 18.0 Å². The summed E-state index contributed by atoms with van der Waals surface area (Å²) in [6.45, 7) is 5.05. The Morgan fingerprint density at radius 2 is 1.65 bits per heavy atom. The van der Waals surface area contributed by atoms with E-state index in [9.17, 15) is 18.0 Å². The predicted octanol–water partition coefficient (Wildman–Crippen LogP) is 5.63. The zero-order chi connectivity index (χ0) is 28.9. The monoisotopic (exact) mass is 581 g/mol. The van der Waals surface area contributed by atoms with Gasteiger partial charge in [0, 0.05) is 17.6 Å². The Hall–Kier alpha value is -3.36. The molecule has 0 unspecified atom stereocenters. The van der Waals surface area contributed by atoms with Crippen molar-refractivity contribution in [2.45, 2.75) is 70.0 Å². The fourth-order valence-corrected chi connectivity index (χ4v) is 6.75. The van der Waals surface area contributed by atoms with Crippen molar-refractivity contribution in [3.05, 3.63) is 94.5 Å². The van der Waals surface area contributed by atoms with Crippen LogP contribution in [0.25, 0.3) is 0 Å². The zero-order valence-corrected chi connectivity index (χ0v) is 24.7. The van der Waals surface area contributed by atoms with E-state index in [1.807, 2.05) is 26.0 Å². The molecule has 7 nitrogen and oxygen atoms in total. The number of nitrogens with one attached hydrogen (secondary N) is 1. The van der Waals surface area contributed by atoms with E-state index in [0.717, 1.165) is 46.7 Å². The van der Waals surface area contributed by atoms with Crippen molar-refractivity contribution in [1.29, 1.82) is 0 Å². The van der Waals surface area contributed by atoms with Crippen molar-refractivity contribution in [3.63, 3.8) is 0 Å². The highest BCUT2D eigenvalue weighted by Gasteiger charge is 2.34. The van der Waals surface area contributed by atoms with Gasteiger partial charge in [0.1, 0.15) is 12.6 Å². The molecule has 1 fully saturated rings. The van der Waals surface area contributed by atoms with Crippen molar-refractivity contribution in [1.82, 2.24) is 10.2 Å². The lowest BCUT2D eigenvalue weighted by Crippen LogP contribution is -2.52. The van der Waals surface area contributed by atoms with Gasteiger partial charge in [0.05, 0.1) is 10.6 Å². The van der Waals surface area contributed by atoms with E-state index < -0.39 is 28.5 Å². The summed E-state index contributed by atoms with van der Waals surface area (Å²) in [5, 5.41) is 3.59. The Kier molecular flexibility index (Phi) is 9.53. The Bertz CT molecular complexity index is 1460. The van der Waals surface area contributed by atoms with Crippen LogP contribution in [0.15, 0.2) is 77.7 Å². The Balaban J connectivity index is 1.71. The molecule has 9 heteroatoms. The topological polar surface area (TPSA) is 86.8 Å². The van der Waals surface area contributed by atoms with Crippen LogP contribution in [0.1, 0.15) is 49.3 Å². The number of carbonyl (C=O) groups excluding carboxylic acids is 2. The number of sulfonamides is 1. The first-order valence-corrected chi connectivity index (χ1v) is 15.4. The van der Waals surface area contributed by atoms with E-state index in [0.29, 0.717) is 10.7 Å². The molecule has 1 aliphatic rings. The molecule has 40 heavy (non-hydrogen) atoms. The Morgan fingerprint density at radius 1 is 0.975 bits per heavy atom. The molecule has 212 valence electrons. The summed E-state index contributed by atoms with van der Waals surface area (Å²) < 4.78 is 29.1. The summed E-state index contributed by atoms with van der Waals surface area (Å²) >= 11 is 6.22. The maximum atomic E-state index is 14.1. The highest BCUT2D eigenvalue weighted by atomic mass is 35.5. The van der Waals surface area contributed by atoms with Gasteiger partial charge in [-0.05, 0) is 80.6 Å². The van der Waals surface area contributed by atoms with Crippen LogP contribution < -0.4 is 9.62 Å². The SMILES string of the molecule is Cc1cccc(N(CC(=O)N(Cc2cccc(Cl)c2)[C@@H](C)C(=O)NC2CCCC2)S(=O)(=O)c2ccccc2)c1C. The molecule has 4 rings (SSSR count). The molecule has 0 bridgehead atoms. The third-order valence-corrected chi connectivity index (χ3v) is 9.57. The molecule has 1 aliphatic carbocycles. The number of rotatable bonds is 10. The molecule has 1 atom stereocenters. The Morgan fingerprint density at radius 3 is 2.33 bits per heavy atom. The van der Waals surface area contributed by atoms with Crippen molar-refractivity contribution in [2.24, 2.45) is 0 Å². The molecule has 2 amide bonds. The van der Waals surface area contributed by atoms with Crippen molar-refractivity contribution in [2.75, 3.05) is 10.8 Å². The second-order valence-electron chi connectivity index (χ2n) is 10.4. The van der Waals surface area contributed by atoms with Gasteiger partial charge in [0.2, 0.25) is 11.8 Å². The fourth-order valence-electron chi connectivity index (χ4n) is 5.05. The highest BCUT2D eigenvalue weighted by Crippen LogP contribution is 2.29. The van der Waals surface area contributed by atoms with Gasteiger partial charge in [-0.3, -0.25) is 13.9 Å². The number of hydrogen-bond acceptors (Lipinski definition) is 4. The van der Waals surface area contributed by atoms with Crippen molar-refractivity contribution in [3.8, 4) is 0 Å². The lowest BCUT2D eigenvalue weighted by atomic mass is 10.1. The van der Waals surface area contributed by atoms with E-state index in [1.165, 1.54) is 17.0 Å². The van der Waals surface area contributed by atoms with Crippen LogP contribution >= 0.6 is 11.6 Å². The molecule has 0 heterocycles. The quantitative estimate of drug-likeness (QED) is 0.336. The molecule has 0 aromatic heterocycles. The van der Waals surface area contributed by atoms with Crippen LogP contribution in [0.3, 0.4) is 0 Å². The third-order valence-electron chi connectivity index (χ3n) is 7.57. The summed E-state index contributed by atoms with van der Waals surface area (Å²) in [5.74, 6) is -0.749. The van der Waals surface area contributed by atoms with Crippen LogP contribution in [0.4, 0.5) is 5.69 Å². The average molecular weight is 582 g/mol. The van der Waals surface area contributed by atoms with Gasteiger partial charge < -0.3 is 10.2 Å². The van der Waals surface area contributed by atoms with Gasteiger partial charge in [0.15, 0.2) is 0 Å². The summed E-state index contributed by atoms with van der Waals surface area (Å²) in [7, 11) is -4.10. The number of amides is 2. The first-order chi connectivity index (χ1) is 19.1. The first kappa shape index (κ1) is 29.6. The molecule has 0 aliphatic heterocycles. The van der Waals surface area contributed by atoms with Gasteiger partial charge in [-0.1, -0.05) is 66.9 Å². The van der Waals surface area contributed by atoms with Crippen LogP contribution in [0.5, 0.6) is 0 Å². The smallest absolute Gasteiger partial charge is 0.264 e. The summed E-state index contributed by atoms with van der Waals surface area (Å²) in [6, 6.07) is 19.8. The van der Waals surface area contributed by atoms with Gasteiger partial charge in [-0.15, -0.1) is 0 Å². The van der Waals surface area contributed by atoms with Gasteiger partial charge in [-0.25, -0.2) is 8.42 Å². The molecule has 3 aromatic rings. The summed E-state index contributed by atoms with van der Waals surface area (Å²) in [5.41, 5.74) is 2.81. The fraction of sp³-hybridized carbons (Fsp3) is 0.355. The number of nitrogens with zero attached hydrogens (tertiary/aromatic N) is 2. The number of benzene rings is 3. The van der Waals surface area contributed by atoms with E-state index in [2.05, 4.69) is 5.32 Å². The molecule has 0 saturated heterocycles. The van der Waals surface area contributed by atoms with Crippen LogP contribution in [-0.2, 0) is 26.2 Å². The van der Waals surface area contributed by atoms with Crippen molar-refractivity contribution >= 4 is 39.1 Å². The lowest BCUT2D eigenvalue weighted by molar-refractivity contribution is -0.139. The van der Waals surface area contributed by atoms with Crippen LogP contribution in [-0.4, -0.2) is 43.8 Å². The number of halogens is 1. The van der Waals surface area contributed by atoms with Crippen LogP contribution in [0, 0.1) is 13.8 Å². The molecule has 0 radical (unpaired) electrons. The van der Waals surface area contributed by atoms with E-state index in [1.54, 1.807) is 55.5 Å². The Labute approximate surface area is 242 Å². The molecular formula is C31H36ClN3O4S. The molecule has 0 spiro atoms. The molecule has 3 aromatic carbocycles. The summed E-state index contributed by atoms with van der Waals surface area (Å²) in [6.07, 6.45) is 3.95. The van der Waals surface area contributed by atoms with Gasteiger partial charge in [0.25, 0.3) is 10.0 Å². The van der Waals surface area contributed by atoms with E-state index >= 15 is 0 Å². The number of aryl methyl sites for hydroxylation is 1. The maximum Gasteiger partial charge on any atom is 0.264 e. The molecule has 1 saturated carbocycles. The standard InChI is InChI=1S/C31H36ClN3O4S/c1-22-11-9-18-29(23(22)2)35(40(38,39)28-16-5-4-6-17-28)21-30(36)34(20-25-12-10-13-26(32)19-25)24(3)31(37)33-27-14-7-8-15-27/h4-6,9-13,16-19,24,27H,7-8,14-15,20-21H2,1-3H3,(H,33,37)/t24-/m0/s1. The van der Waals surface area contributed by atoms with E-state index in [4.69, 9.17) is 11.6 Å². The minimum absolute atomic E-state index is 0.0807. The maximum absolute atomic E-state index is 14.1. The normalized spacial score (nSPS) is 14.5. The lowest BCUT2D eigenvalue weighted by Gasteiger charge is -2.33.